The lowest BCUT2D eigenvalue weighted by molar-refractivity contribution is -0.0675. The fourth-order valence-corrected chi connectivity index (χ4v) is 2.54. The highest BCUT2D eigenvalue weighted by Gasteiger charge is 2.25. The van der Waals surface area contributed by atoms with Crippen molar-refractivity contribution in [1.82, 2.24) is 5.32 Å². The molecule has 1 atom stereocenters. The molecule has 0 saturated heterocycles. The van der Waals surface area contributed by atoms with Crippen molar-refractivity contribution in [2.75, 3.05) is 0 Å². The summed E-state index contributed by atoms with van der Waals surface area (Å²) in [4.78, 5) is 12.4. The summed E-state index contributed by atoms with van der Waals surface area (Å²) in [5, 5.41) is 21.1. The molecular formula is C14H27NO4S. The summed E-state index contributed by atoms with van der Waals surface area (Å²) >= 11 is 1.53. The number of carbonyl (C=O) groups is 1. The first-order valence-electron chi connectivity index (χ1n) is 6.52. The molecule has 0 saturated carbocycles. The molecule has 0 aromatic rings. The Morgan fingerprint density at radius 2 is 1.75 bits per heavy atom. The first-order chi connectivity index (χ1) is 8.80. The molecule has 0 heterocycles. The van der Waals surface area contributed by atoms with Gasteiger partial charge in [0.15, 0.2) is 6.29 Å². The molecule has 0 aliphatic rings. The Kier molecular flexibility index (Phi) is 7.07. The molecule has 0 aromatic carbocycles. The van der Waals surface area contributed by atoms with Crippen LogP contribution in [0.15, 0.2) is 11.5 Å². The van der Waals surface area contributed by atoms with Gasteiger partial charge in [0.1, 0.15) is 5.60 Å². The number of alkyl carbamates (subject to hydrolysis) is 1. The number of carbonyl (C=O) groups excluding carboxylic acids is 1. The second-order valence-corrected chi connectivity index (χ2v) is 8.63. The fourth-order valence-electron chi connectivity index (χ4n) is 1.41. The van der Waals surface area contributed by atoms with Crippen molar-refractivity contribution in [3.8, 4) is 0 Å². The van der Waals surface area contributed by atoms with Crippen LogP contribution >= 0.6 is 11.8 Å². The largest absolute Gasteiger partial charge is 0.444 e. The number of hydrogen-bond donors (Lipinski definition) is 3. The SMILES string of the molecule is C=C(CC(NC(=O)OC(C)(C)C)C(O)O)SC(C)(C)C. The maximum Gasteiger partial charge on any atom is 0.408 e. The van der Waals surface area contributed by atoms with E-state index in [1.165, 1.54) is 11.8 Å². The average molecular weight is 305 g/mol. The number of thioether (sulfide) groups is 1. The zero-order valence-electron chi connectivity index (χ0n) is 13.2. The maximum atomic E-state index is 11.6. The number of aliphatic hydroxyl groups excluding tert-OH is 1. The molecule has 3 N–H and O–H groups in total. The lowest BCUT2D eigenvalue weighted by Gasteiger charge is -2.26. The highest BCUT2D eigenvalue weighted by molar-refractivity contribution is 8.04. The van der Waals surface area contributed by atoms with Crippen LogP contribution in [0.4, 0.5) is 4.79 Å². The van der Waals surface area contributed by atoms with E-state index in [-0.39, 0.29) is 11.2 Å². The fraction of sp³-hybridized carbons (Fsp3) is 0.786. The lowest BCUT2D eigenvalue weighted by Crippen LogP contribution is -2.45. The summed E-state index contributed by atoms with van der Waals surface area (Å²) in [6.45, 7) is 15.2. The highest BCUT2D eigenvalue weighted by atomic mass is 32.2. The van der Waals surface area contributed by atoms with Crippen LogP contribution in [0.5, 0.6) is 0 Å². The molecular weight excluding hydrogens is 278 g/mol. The topological polar surface area (TPSA) is 78.8 Å². The van der Waals surface area contributed by atoms with Gasteiger partial charge in [-0.1, -0.05) is 27.4 Å². The standard InChI is InChI=1S/C14H27NO4S/c1-9(20-14(5,6)7)8-10(11(16)17)15-12(18)19-13(2,3)4/h10-11,16-17H,1,8H2,2-7H3,(H,15,18). The van der Waals surface area contributed by atoms with Crippen LogP contribution in [0.3, 0.4) is 0 Å². The van der Waals surface area contributed by atoms with Gasteiger partial charge in [-0.15, -0.1) is 11.8 Å². The summed E-state index contributed by atoms with van der Waals surface area (Å²) < 4.78 is 5.07. The van der Waals surface area contributed by atoms with E-state index in [2.05, 4.69) is 11.9 Å². The molecule has 20 heavy (non-hydrogen) atoms. The minimum Gasteiger partial charge on any atom is -0.444 e. The molecule has 0 bridgehead atoms. The lowest BCUT2D eigenvalue weighted by atomic mass is 10.2. The average Bonchev–Trinajstić information content (AvgIpc) is 2.09. The molecule has 6 heteroatoms. The van der Waals surface area contributed by atoms with Crippen molar-refractivity contribution in [2.24, 2.45) is 0 Å². The maximum absolute atomic E-state index is 11.6. The molecule has 0 aromatic heterocycles. The molecule has 5 nitrogen and oxygen atoms in total. The number of rotatable bonds is 5. The summed E-state index contributed by atoms with van der Waals surface area (Å²) in [6, 6.07) is -0.841. The summed E-state index contributed by atoms with van der Waals surface area (Å²) in [7, 11) is 0. The van der Waals surface area contributed by atoms with Gasteiger partial charge in [-0.3, -0.25) is 0 Å². The quantitative estimate of drug-likeness (QED) is 0.681. The van der Waals surface area contributed by atoms with Gasteiger partial charge in [-0.25, -0.2) is 4.79 Å². The van der Waals surface area contributed by atoms with Crippen LogP contribution < -0.4 is 5.32 Å². The first-order valence-corrected chi connectivity index (χ1v) is 7.34. The zero-order valence-corrected chi connectivity index (χ0v) is 14.0. The van der Waals surface area contributed by atoms with Gasteiger partial charge in [0.25, 0.3) is 0 Å². The van der Waals surface area contributed by atoms with Gasteiger partial charge in [0.2, 0.25) is 0 Å². The van der Waals surface area contributed by atoms with E-state index in [0.717, 1.165) is 4.91 Å². The van der Waals surface area contributed by atoms with Crippen molar-refractivity contribution in [3.05, 3.63) is 11.5 Å². The van der Waals surface area contributed by atoms with Crippen LogP contribution in [0.2, 0.25) is 0 Å². The van der Waals surface area contributed by atoms with Crippen LogP contribution in [0, 0.1) is 0 Å². The van der Waals surface area contributed by atoms with E-state index in [0.29, 0.717) is 0 Å². The minimum atomic E-state index is -1.67. The predicted molar refractivity (Wildman–Crippen MR) is 82.5 cm³/mol. The number of nitrogens with one attached hydrogen (secondary N) is 1. The molecule has 0 aliphatic carbocycles. The van der Waals surface area contributed by atoms with Gasteiger partial charge in [-0.05, 0) is 25.7 Å². The minimum absolute atomic E-state index is 0.0199. The molecule has 0 rings (SSSR count). The van der Waals surface area contributed by atoms with Gasteiger partial charge < -0.3 is 20.3 Å². The Bertz CT molecular complexity index is 312. The third kappa shape index (κ3) is 10.1. The summed E-state index contributed by atoms with van der Waals surface area (Å²) in [5.41, 5.74) is -0.633. The summed E-state index contributed by atoms with van der Waals surface area (Å²) in [6.07, 6.45) is -2.08. The molecule has 0 spiro atoms. The number of hydrogen-bond acceptors (Lipinski definition) is 5. The third-order valence-corrected chi connectivity index (χ3v) is 3.03. The predicted octanol–water partition coefficient (Wildman–Crippen LogP) is 2.63. The normalized spacial score (nSPS) is 14.1. The first kappa shape index (κ1) is 19.3. The molecule has 0 aliphatic heterocycles. The number of ether oxygens (including phenoxy) is 1. The molecule has 1 amide bonds. The highest BCUT2D eigenvalue weighted by Crippen LogP contribution is 2.32. The number of aliphatic hydroxyl groups is 2. The van der Waals surface area contributed by atoms with E-state index in [1.807, 2.05) is 20.8 Å². The Balaban J connectivity index is 4.52. The Hall–Kier alpha value is -0.720. The van der Waals surface area contributed by atoms with E-state index in [4.69, 9.17) is 4.74 Å². The van der Waals surface area contributed by atoms with Crippen molar-refractivity contribution in [2.45, 2.75) is 70.6 Å². The van der Waals surface area contributed by atoms with Crippen LogP contribution in [-0.4, -0.2) is 39.0 Å². The zero-order chi connectivity index (χ0) is 16.1. The van der Waals surface area contributed by atoms with E-state index in [1.54, 1.807) is 20.8 Å². The van der Waals surface area contributed by atoms with Gasteiger partial charge in [-0.2, -0.15) is 0 Å². The monoisotopic (exact) mass is 305 g/mol. The van der Waals surface area contributed by atoms with Crippen molar-refractivity contribution in [3.63, 3.8) is 0 Å². The summed E-state index contributed by atoms with van der Waals surface area (Å²) in [5.74, 6) is 0. The smallest absolute Gasteiger partial charge is 0.408 e. The van der Waals surface area contributed by atoms with E-state index in [9.17, 15) is 15.0 Å². The molecule has 118 valence electrons. The van der Waals surface area contributed by atoms with Gasteiger partial charge in [0.05, 0.1) is 6.04 Å². The third-order valence-electron chi connectivity index (χ3n) is 1.96. The number of amides is 1. The van der Waals surface area contributed by atoms with Gasteiger partial charge >= 0.3 is 6.09 Å². The van der Waals surface area contributed by atoms with Crippen LogP contribution in [0.25, 0.3) is 0 Å². The van der Waals surface area contributed by atoms with E-state index < -0.39 is 24.0 Å². The van der Waals surface area contributed by atoms with Crippen molar-refractivity contribution in [1.29, 1.82) is 0 Å². The van der Waals surface area contributed by atoms with Crippen LogP contribution in [0.1, 0.15) is 48.0 Å². The Morgan fingerprint density at radius 1 is 1.25 bits per heavy atom. The Labute approximate surface area is 125 Å². The molecule has 1 unspecified atom stereocenters. The van der Waals surface area contributed by atoms with Gasteiger partial charge in [0, 0.05) is 11.2 Å². The van der Waals surface area contributed by atoms with E-state index >= 15 is 0 Å². The van der Waals surface area contributed by atoms with Crippen molar-refractivity contribution < 1.29 is 19.7 Å². The second kappa shape index (κ2) is 7.33. The van der Waals surface area contributed by atoms with Crippen molar-refractivity contribution >= 4 is 17.9 Å². The second-order valence-electron chi connectivity index (χ2n) is 6.62. The Morgan fingerprint density at radius 3 is 2.10 bits per heavy atom. The molecule has 0 radical (unpaired) electrons. The van der Waals surface area contributed by atoms with Crippen LogP contribution in [-0.2, 0) is 4.74 Å². The molecule has 0 fully saturated rings.